The maximum absolute atomic E-state index is 12.3. The number of H-pyrrole nitrogens is 1. The lowest BCUT2D eigenvalue weighted by atomic mass is 10.1. The van der Waals surface area contributed by atoms with Crippen molar-refractivity contribution in [3.8, 4) is 0 Å². The summed E-state index contributed by atoms with van der Waals surface area (Å²) in [5.41, 5.74) is 9.52. The molecule has 1 aliphatic rings. The fourth-order valence-electron chi connectivity index (χ4n) is 3.54. The third-order valence-corrected chi connectivity index (χ3v) is 5.81. The number of aliphatic hydroxyl groups is 3. The lowest BCUT2D eigenvalue weighted by Gasteiger charge is -2.18. The number of rotatable bonds is 6. The standard InChI is InChI=1S/C19H23BrN8O5/c1-27(2)10-4-3-8(5-9(10)20)6-22-26-19-23-12-15(24-18(21)25-16(12)32)28(19)17-14(31)13(30)11(7-29)33-17/h3-6,11,13-14,17,29-31H,7H2,1-2H3,(H,23,26)(H3,21,24,25,32). The molecule has 3 aromatic rings. The van der Waals surface area contributed by atoms with Gasteiger partial charge in [-0.1, -0.05) is 6.07 Å². The van der Waals surface area contributed by atoms with Crippen LogP contribution in [0.25, 0.3) is 11.2 Å². The van der Waals surface area contributed by atoms with E-state index in [1.807, 2.05) is 37.2 Å². The third kappa shape index (κ3) is 4.30. The van der Waals surface area contributed by atoms with Gasteiger partial charge in [0.25, 0.3) is 5.56 Å². The molecule has 1 aromatic carbocycles. The van der Waals surface area contributed by atoms with Crippen molar-refractivity contribution < 1.29 is 20.1 Å². The first-order chi connectivity index (χ1) is 15.7. The van der Waals surface area contributed by atoms with Crippen LogP contribution in [-0.4, -0.2) is 80.1 Å². The van der Waals surface area contributed by atoms with Crippen molar-refractivity contribution in [2.75, 3.05) is 36.8 Å². The number of fused-ring (bicyclic) bond motifs is 1. The van der Waals surface area contributed by atoms with E-state index in [9.17, 15) is 20.1 Å². The van der Waals surface area contributed by atoms with Gasteiger partial charge in [-0.05, 0) is 33.6 Å². The Morgan fingerprint density at radius 1 is 1.36 bits per heavy atom. The van der Waals surface area contributed by atoms with Gasteiger partial charge in [0.2, 0.25) is 11.9 Å². The predicted molar refractivity (Wildman–Crippen MR) is 125 cm³/mol. The van der Waals surface area contributed by atoms with Crippen molar-refractivity contribution in [3.05, 3.63) is 38.6 Å². The summed E-state index contributed by atoms with van der Waals surface area (Å²) in [6.07, 6.45) is -3.49. The van der Waals surface area contributed by atoms with Crippen molar-refractivity contribution in [2.45, 2.75) is 24.5 Å². The van der Waals surface area contributed by atoms with E-state index in [1.165, 1.54) is 10.8 Å². The summed E-state index contributed by atoms with van der Waals surface area (Å²) in [7, 11) is 3.86. The molecule has 33 heavy (non-hydrogen) atoms. The number of nitrogen functional groups attached to an aromatic ring is 1. The minimum absolute atomic E-state index is 0.0156. The van der Waals surface area contributed by atoms with Gasteiger partial charge in [0.15, 0.2) is 17.4 Å². The summed E-state index contributed by atoms with van der Waals surface area (Å²) in [5.74, 6) is -0.148. The number of nitrogens with zero attached hydrogens (tertiary/aromatic N) is 5. The smallest absolute Gasteiger partial charge is 0.280 e. The number of nitrogens with one attached hydrogen (secondary N) is 2. The maximum Gasteiger partial charge on any atom is 0.280 e. The normalized spacial score (nSPS) is 23.0. The molecule has 3 heterocycles. The lowest BCUT2D eigenvalue weighted by Crippen LogP contribution is -2.33. The zero-order chi connectivity index (χ0) is 23.9. The van der Waals surface area contributed by atoms with Crippen LogP contribution in [0.1, 0.15) is 11.8 Å². The van der Waals surface area contributed by atoms with Gasteiger partial charge in [0, 0.05) is 18.6 Å². The molecule has 0 spiro atoms. The molecular weight excluding hydrogens is 500 g/mol. The monoisotopic (exact) mass is 522 g/mol. The van der Waals surface area contributed by atoms with E-state index in [0.29, 0.717) is 0 Å². The van der Waals surface area contributed by atoms with Crippen molar-refractivity contribution in [1.29, 1.82) is 0 Å². The number of hydrogen-bond acceptors (Lipinski definition) is 11. The summed E-state index contributed by atoms with van der Waals surface area (Å²) in [5, 5.41) is 34.3. The fraction of sp³-hybridized carbons (Fsp3) is 0.368. The average molecular weight is 523 g/mol. The van der Waals surface area contributed by atoms with Gasteiger partial charge >= 0.3 is 0 Å². The first-order valence-corrected chi connectivity index (χ1v) is 10.7. The van der Waals surface area contributed by atoms with Crippen LogP contribution in [0.2, 0.25) is 0 Å². The highest BCUT2D eigenvalue weighted by Crippen LogP contribution is 2.34. The van der Waals surface area contributed by atoms with E-state index in [-0.39, 0.29) is 23.1 Å². The molecule has 0 amide bonds. The molecule has 0 bridgehead atoms. The number of anilines is 3. The maximum atomic E-state index is 12.3. The number of benzene rings is 1. The van der Waals surface area contributed by atoms with Crippen LogP contribution >= 0.6 is 15.9 Å². The molecule has 2 aromatic heterocycles. The Kier molecular flexibility index (Phi) is 6.36. The van der Waals surface area contributed by atoms with E-state index in [2.05, 4.69) is 41.4 Å². The molecule has 7 N–H and O–H groups in total. The molecule has 0 radical (unpaired) electrons. The molecular formula is C19H23BrN8O5. The zero-order valence-electron chi connectivity index (χ0n) is 17.7. The van der Waals surface area contributed by atoms with E-state index >= 15 is 0 Å². The van der Waals surface area contributed by atoms with Gasteiger partial charge in [-0.2, -0.15) is 10.1 Å². The molecule has 1 fully saturated rings. The Morgan fingerprint density at radius 2 is 2.12 bits per heavy atom. The largest absolute Gasteiger partial charge is 0.394 e. The summed E-state index contributed by atoms with van der Waals surface area (Å²) in [6, 6.07) is 5.67. The first-order valence-electron chi connectivity index (χ1n) is 9.87. The topological polar surface area (TPSA) is 187 Å². The molecule has 0 aliphatic carbocycles. The van der Waals surface area contributed by atoms with E-state index < -0.39 is 36.7 Å². The quantitative estimate of drug-likeness (QED) is 0.183. The Bertz CT molecular complexity index is 1260. The average Bonchev–Trinajstić information content (AvgIpc) is 3.25. The molecule has 4 atom stereocenters. The summed E-state index contributed by atoms with van der Waals surface area (Å²) >= 11 is 3.52. The number of hydrazone groups is 1. The van der Waals surface area contributed by atoms with Crippen LogP contribution in [0.15, 0.2) is 32.6 Å². The zero-order valence-corrected chi connectivity index (χ0v) is 19.3. The minimum atomic E-state index is -1.43. The molecule has 0 saturated carbocycles. The number of nitrogens with two attached hydrogens (primary N) is 1. The first kappa shape index (κ1) is 23.1. The van der Waals surface area contributed by atoms with Crippen LogP contribution < -0.4 is 21.6 Å². The molecule has 1 saturated heterocycles. The number of imidazole rings is 1. The highest BCUT2D eigenvalue weighted by atomic mass is 79.9. The molecule has 4 unspecified atom stereocenters. The van der Waals surface area contributed by atoms with Crippen molar-refractivity contribution in [2.24, 2.45) is 5.10 Å². The molecule has 14 heteroatoms. The van der Waals surface area contributed by atoms with Crippen molar-refractivity contribution in [3.63, 3.8) is 0 Å². The Hall–Kier alpha value is -3.04. The van der Waals surface area contributed by atoms with Crippen molar-refractivity contribution >= 4 is 50.9 Å². The second kappa shape index (κ2) is 9.07. The molecule has 13 nitrogen and oxygen atoms in total. The summed E-state index contributed by atoms with van der Waals surface area (Å²) in [4.78, 5) is 25.0. The number of halogens is 1. The second-order valence-electron chi connectivity index (χ2n) is 7.63. The Labute approximate surface area is 195 Å². The Morgan fingerprint density at radius 3 is 2.76 bits per heavy atom. The Balaban J connectivity index is 1.71. The highest BCUT2D eigenvalue weighted by molar-refractivity contribution is 9.10. The molecule has 1 aliphatic heterocycles. The van der Waals surface area contributed by atoms with Gasteiger partial charge in [-0.25, -0.2) is 10.4 Å². The van der Waals surface area contributed by atoms with Gasteiger partial charge in [-0.15, -0.1) is 0 Å². The SMILES string of the molecule is CN(C)c1ccc(C=NNc2nc3c(=O)[nH]c(N)nc3n2C2OC(CO)C(O)C2O)cc1Br. The minimum Gasteiger partial charge on any atom is -0.394 e. The molecule has 176 valence electrons. The second-order valence-corrected chi connectivity index (χ2v) is 8.49. The van der Waals surface area contributed by atoms with Crippen LogP contribution in [-0.2, 0) is 4.74 Å². The van der Waals surface area contributed by atoms with Crippen LogP contribution in [0.4, 0.5) is 17.6 Å². The van der Waals surface area contributed by atoms with Gasteiger partial charge in [0.05, 0.1) is 18.5 Å². The fourth-order valence-corrected chi connectivity index (χ4v) is 4.30. The third-order valence-electron chi connectivity index (χ3n) is 5.17. The number of aliphatic hydroxyl groups excluding tert-OH is 3. The predicted octanol–water partition coefficient (Wildman–Crippen LogP) is -0.412. The van der Waals surface area contributed by atoms with Gasteiger partial charge in [0.1, 0.15) is 18.3 Å². The number of ether oxygens (including phenoxy) is 1. The van der Waals surface area contributed by atoms with Gasteiger partial charge < -0.3 is 30.7 Å². The van der Waals surface area contributed by atoms with E-state index in [1.54, 1.807) is 0 Å². The number of aromatic nitrogens is 4. The van der Waals surface area contributed by atoms with E-state index in [0.717, 1.165) is 15.7 Å². The number of hydrogen-bond donors (Lipinski definition) is 6. The van der Waals surface area contributed by atoms with Crippen LogP contribution in [0.3, 0.4) is 0 Å². The molecule has 4 rings (SSSR count). The van der Waals surface area contributed by atoms with Crippen molar-refractivity contribution in [1.82, 2.24) is 19.5 Å². The summed E-state index contributed by atoms with van der Waals surface area (Å²) < 4.78 is 7.75. The van der Waals surface area contributed by atoms with Crippen LogP contribution in [0.5, 0.6) is 0 Å². The summed E-state index contributed by atoms with van der Waals surface area (Å²) in [6.45, 7) is -0.518. The van der Waals surface area contributed by atoms with E-state index in [4.69, 9.17) is 10.5 Å². The highest BCUT2D eigenvalue weighted by Gasteiger charge is 2.45. The van der Waals surface area contributed by atoms with Crippen LogP contribution in [0, 0.1) is 0 Å². The lowest BCUT2D eigenvalue weighted by molar-refractivity contribution is -0.0501. The van der Waals surface area contributed by atoms with Gasteiger partial charge in [-0.3, -0.25) is 14.3 Å². The number of aromatic amines is 1.